The van der Waals surface area contributed by atoms with Crippen LogP contribution >= 0.6 is 0 Å². The minimum absolute atomic E-state index is 0.106. The average Bonchev–Trinajstić information content (AvgIpc) is 2.60. The summed E-state index contributed by atoms with van der Waals surface area (Å²) in [7, 11) is 0. The van der Waals surface area contributed by atoms with Gasteiger partial charge in [0.1, 0.15) is 0 Å². The summed E-state index contributed by atoms with van der Waals surface area (Å²) in [6.07, 6.45) is 10.0. The Labute approximate surface area is 111 Å². The van der Waals surface area contributed by atoms with Crippen molar-refractivity contribution in [1.29, 1.82) is 0 Å². The Morgan fingerprint density at radius 2 is 1.83 bits per heavy atom. The Kier molecular flexibility index (Phi) is 5.04. The number of piperidine rings is 1. The summed E-state index contributed by atoms with van der Waals surface area (Å²) in [5, 5.41) is 9.08. The first-order valence-electron chi connectivity index (χ1n) is 7.63. The van der Waals surface area contributed by atoms with E-state index in [0.29, 0.717) is 6.04 Å². The summed E-state index contributed by atoms with van der Waals surface area (Å²) in [6, 6.07) is 0.447. The molecule has 0 aromatic heterocycles. The molecule has 2 unspecified atom stereocenters. The SMILES string of the molecule is CC1CC(C(=O)O)CCN1CC1CCCCCC1. The first kappa shape index (κ1) is 13.9. The Balaban J connectivity index is 1.81. The standard InChI is InChI=1S/C15H27NO2/c1-12-10-14(15(17)18)8-9-16(12)11-13-6-4-2-3-5-7-13/h12-14H,2-11H2,1H3,(H,17,18). The number of carboxylic acids is 1. The Morgan fingerprint density at radius 1 is 1.17 bits per heavy atom. The number of rotatable bonds is 3. The van der Waals surface area contributed by atoms with Crippen molar-refractivity contribution in [3.63, 3.8) is 0 Å². The van der Waals surface area contributed by atoms with Crippen molar-refractivity contribution < 1.29 is 9.90 Å². The lowest BCUT2D eigenvalue weighted by atomic mass is 9.90. The Hall–Kier alpha value is -0.570. The number of carbonyl (C=O) groups is 1. The van der Waals surface area contributed by atoms with Crippen LogP contribution in [0.5, 0.6) is 0 Å². The van der Waals surface area contributed by atoms with E-state index in [-0.39, 0.29) is 5.92 Å². The fourth-order valence-corrected chi connectivity index (χ4v) is 3.59. The fraction of sp³-hybridized carbons (Fsp3) is 0.933. The summed E-state index contributed by atoms with van der Waals surface area (Å²) in [6.45, 7) is 4.38. The van der Waals surface area contributed by atoms with E-state index in [2.05, 4.69) is 11.8 Å². The van der Waals surface area contributed by atoms with Crippen molar-refractivity contribution in [3.05, 3.63) is 0 Å². The molecule has 2 atom stereocenters. The number of carboxylic acid groups (broad SMARTS) is 1. The third kappa shape index (κ3) is 3.71. The molecule has 2 fully saturated rings. The second kappa shape index (κ2) is 6.55. The molecule has 0 bridgehead atoms. The average molecular weight is 253 g/mol. The zero-order valence-corrected chi connectivity index (χ0v) is 11.6. The molecule has 18 heavy (non-hydrogen) atoms. The molecule has 2 aliphatic rings. The number of hydrogen-bond donors (Lipinski definition) is 1. The van der Waals surface area contributed by atoms with Gasteiger partial charge in [-0.05, 0) is 45.1 Å². The van der Waals surface area contributed by atoms with Crippen LogP contribution in [0.4, 0.5) is 0 Å². The van der Waals surface area contributed by atoms with Crippen LogP contribution in [0.15, 0.2) is 0 Å². The zero-order chi connectivity index (χ0) is 13.0. The van der Waals surface area contributed by atoms with Crippen LogP contribution < -0.4 is 0 Å². The van der Waals surface area contributed by atoms with Crippen LogP contribution in [-0.2, 0) is 4.79 Å². The van der Waals surface area contributed by atoms with Gasteiger partial charge in [0.25, 0.3) is 0 Å². The second-order valence-electron chi connectivity index (χ2n) is 6.26. The summed E-state index contributed by atoms with van der Waals surface area (Å²) < 4.78 is 0. The largest absolute Gasteiger partial charge is 0.481 e. The van der Waals surface area contributed by atoms with Gasteiger partial charge in [-0.25, -0.2) is 0 Å². The third-order valence-corrected chi connectivity index (χ3v) is 4.83. The zero-order valence-electron chi connectivity index (χ0n) is 11.6. The maximum atomic E-state index is 11.0. The second-order valence-corrected chi connectivity index (χ2v) is 6.26. The molecule has 1 N–H and O–H groups in total. The molecule has 1 heterocycles. The lowest BCUT2D eigenvalue weighted by Gasteiger charge is -2.38. The van der Waals surface area contributed by atoms with Gasteiger partial charge in [0.15, 0.2) is 0 Å². The van der Waals surface area contributed by atoms with E-state index < -0.39 is 5.97 Å². The van der Waals surface area contributed by atoms with E-state index in [1.807, 2.05) is 0 Å². The van der Waals surface area contributed by atoms with Gasteiger partial charge in [0.05, 0.1) is 5.92 Å². The maximum Gasteiger partial charge on any atom is 0.306 e. The van der Waals surface area contributed by atoms with Crippen molar-refractivity contribution in [2.75, 3.05) is 13.1 Å². The molecule has 104 valence electrons. The molecular formula is C15H27NO2. The smallest absolute Gasteiger partial charge is 0.306 e. The van der Waals surface area contributed by atoms with E-state index in [1.54, 1.807) is 0 Å². The molecule has 1 aliphatic carbocycles. The number of aliphatic carboxylic acids is 1. The van der Waals surface area contributed by atoms with Gasteiger partial charge in [0, 0.05) is 12.6 Å². The molecule has 0 aromatic carbocycles. The van der Waals surface area contributed by atoms with Gasteiger partial charge >= 0.3 is 5.97 Å². The summed E-state index contributed by atoms with van der Waals surface area (Å²) in [5.41, 5.74) is 0. The highest BCUT2D eigenvalue weighted by Crippen LogP contribution is 2.28. The molecule has 3 nitrogen and oxygen atoms in total. The third-order valence-electron chi connectivity index (χ3n) is 4.83. The molecule has 0 radical (unpaired) electrons. The van der Waals surface area contributed by atoms with Gasteiger partial charge in [0.2, 0.25) is 0 Å². The van der Waals surface area contributed by atoms with Crippen LogP contribution in [0.2, 0.25) is 0 Å². The van der Waals surface area contributed by atoms with Gasteiger partial charge in [-0.3, -0.25) is 4.79 Å². The molecule has 3 heteroatoms. The monoisotopic (exact) mass is 253 g/mol. The topological polar surface area (TPSA) is 40.5 Å². The highest BCUT2D eigenvalue weighted by Gasteiger charge is 2.30. The normalized spacial score (nSPS) is 32.1. The summed E-state index contributed by atoms with van der Waals surface area (Å²) in [5.74, 6) is 0.151. The van der Waals surface area contributed by atoms with Crippen LogP contribution in [0.25, 0.3) is 0 Å². The predicted molar refractivity (Wildman–Crippen MR) is 72.6 cm³/mol. The molecule has 2 rings (SSSR count). The molecule has 1 saturated carbocycles. The van der Waals surface area contributed by atoms with Gasteiger partial charge in [-0.1, -0.05) is 25.7 Å². The molecule has 1 aliphatic heterocycles. The number of hydrogen-bond acceptors (Lipinski definition) is 2. The van der Waals surface area contributed by atoms with Gasteiger partial charge < -0.3 is 10.0 Å². The quantitative estimate of drug-likeness (QED) is 0.786. The number of likely N-dealkylation sites (tertiary alicyclic amines) is 1. The van der Waals surface area contributed by atoms with Crippen molar-refractivity contribution in [3.8, 4) is 0 Å². The van der Waals surface area contributed by atoms with Crippen LogP contribution in [-0.4, -0.2) is 35.1 Å². The fourth-order valence-electron chi connectivity index (χ4n) is 3.59. The van der Waals surface area contributed by atoms with Crippen LogP contribution in [0.3, 0.4) is 0 Å². The van der Waals surface area contributed by atoms with Crippen LogP contribution in [0.1, 0.15) is 58.3 Å². The van der Waals surface area contributed by atoms with Gasteiger partial charge in [-0.2, -0.15) is 0 Å². The highest BCUT2D eigenvalue weighted by molar-refractivity contribution is 5.70. The molecule has 0 spiro atoms. The minimum Gasteiger partial charge on any atom is -0.481 e. The maximum absolute atomic E-state index is 11.0. The molecular weight excluding hydrogens is 226 g/mol. The van der Waals surface area contributed by atoms with E-state index in [4.69, 9.17) is 5.11 Å². The lowest BCUT2D eigenvalue weighted by Crippen LogP contribution is -2.44. The number of nitrogens with zero attached hydrogens (tertiary/aromatic N) is 1. The predicted octanol–water partition coefficient (Wildman–Crippen LogP) is 3.14. The van der Waals surface area contributed by atoms with Crippen molar-refractivity contribution in [2.24, 2.45) is 11.8 Å². The first-order chi connectivity index (χ1) is 8.66. The van der Waals surface area contributed by atoms with E-state index in [1.165, 1.54) is 45.1 Å². The Morgan fingerprint density at radius 3 is 2.39 bits per heavy atom. The Bertz CT molecular complexity index is 272. The van der Waals surface area contributed by atoms with Crippen molar-refractivity contribution in [1.82, 2.24) is 4.90 Å². The molecule has 0 amide bonds. The van der Waals surface area contributed by atoms with Crippen LogP contribution in [0, 0.1) is 11.8 Å². The van der Waals surface area contributed by atoms with E-state index >= 15 is 0 Å². The summed E-state index contributed by atoms with van der Waals surface area (Å²) >= 11 is 0. The highest BCUT2D eigenvalue weighted by atomic mass is 16.4. The first-order valence-corrected chi connectivity index (χ1v) is 7.63. The molecule has 0 aromatic rings. The van der Waals surface area contributed by atoms with Crippen molar-refractivity contribution in [2.45, 2.75) is 64.3 Å². The molecule has 1 saturated heterocycles. The lowest BCUT2D eigenvalue weighted by molar-refractivity contribution is -0.144. The summed E-state index contributed by atoms with van der Waals surface area (Å²) in [4.78, 5) is 13.6. The van der Waals surface area contributed by atoms with E-state index in [0.717, 1.165) is 25.3 Å². The minimum atomic E-state index is -0.601. The van der Waals surface area contributed by atoms with Gasteiger partial charge in [-0.15, -0.1) is 0 Å². The van der Waals surface area contributed by atoms with E-state index in [9.17, 15) is 4.79 Å². The van der Waals surface area contributed by atoms with Crippen molar-refractivity contribution >= 4 is 5.97 Å².